The molecule has 2 nitrogen and oxygen atoms in total. The van der Waals surface area contributed by atoms with E-state index >= 15 is 0 Å². The Labute approximate surface area is 106 Å². The van der Waals surface area contributed by atoms with Crippen LogP contribution in [-0.4, -0.2) is 21.6 Å². The first kappa shape index (κ1) is 14.5. The summed E-state index contributed by atoms with van der Waals surface area (Å²) >= 11 is 1.45. The number of aryl methyl sites for hydroxylation is 1. The van der Waals surface area contributed by atoms with E-state index in [2.05, 4.69) is 0 Å². The van der Waals surface area contributed by atoms with Crippen LogP contribution in [0, 0.1) is 12.7 Å². The molecule has 0 aromatic heterocycles. The van der Waals surface area contributed by atoms with E-state index in [1.807, 2.05) is 6.92 Å². The molecule has 1 aromatic carbocycles. The molecule has 1 aromatic rings. The average molecular weight is 258 g/mol. The van der Waals surface area contributed by atoms with Crippen LogP contribution in [0.2, 0.25) is 0 Å². The number of benzene rings is 1. The van der Waals surface area contributed by atoms with Gasteiger partial charge in [0.1, 0.15) is 5.82 Å². The Morgan fingerprint density at radius 2 is 1.76 bits per heavy atom. The fourth-order valence-corrected chi connectivity index (χ4v) is 2.61. The number of hydrogen-bond acceptors (Lipinski definition) is 3. The second kappa shape index (κ2) is 5.85. The zero-order valence-electron chi connectivity index (χ0n) is 10.6. The van der Waals surface area contributed by atoms with Crippen molar-refractivity contribution >= 4 is 11.8 Å². The van der Waals surface area contributed by atoms with Crippen LogP contribution in [0.15, 0.2) is 17.0 Å². The number of rotatable bonds is 4. The first-order chi connectivity index (χ1) is 7.82. The van der Waals surface area contributed by atoms with Gasteiger partial charge in [0, 0.05) is 10.1 Å². The van der Waals surface area contributed by atoms with E-state index in [1.54, 1.807) is 26.8 Å². The summed E-state index contributed by atoms with van der Waals surface area (Å²) in [5.74, 6) is -0.310. The molecule has 1 rings (SSSR count). The van der Waals surface area contributed by atoms with Gasteiger partial charge in [0.15, 0.2) is 0 Å². The molecule has 0 aliphatic heterocycles. The lowest BCUT2D eigenvalue weighted by Crippen LogP contribution is -2.15. The predicted octanol–water partition coefficient (Wildman–Crippen LogP) is 3.05. The van der Waals surface area contributed by atoms with Gasteiger partial charge in [-0.3, -0.25) is 0 Å². The third-order valence-corrected chi connectivity index (χ3v) is 4.11. The van der Waals surface area contributed by atoms with Gasteiger partial charge in [-0.05, 0) is 44.0 Å². The first-order valence-electron chi connectivity index (χ1n) is 5.65. The average Bonchev–Trinajstić information content (AvgIpc) is 2.22. The number of halogens is 1. The lowest BCUT2D eigenvalue weighted by atomic mass is 10.1. The van der Waals surface area contributed by atoms with Gasteiger partial charge in [-0.15, -0.1) is 11.8 Å². The monoisotopic (exact) mass is 258 g/mol. The number of hydrogen-bond donors (Lipinski definition) is 2. The van der Waals surface area contributed by atoms with Gasteiger partial charge >= 0.3 is 0 Å². The molecule has 4 heteroatoms. The van der Waals surface area contributed by atoms with E-state index in [4.69, 9.17) is 0 Å². The van der Waals surface area contributed by atoms with Crippen LogP contribution >= 0.6 is 11.8 Å². The smallest absolute Gasteiger partial charge is 0.126 e. The molecule has 0 saturated heterocycles. The SMILES string of the molecule is Cc1cc(SC(C)C(C)O)c(C(C)O)cc1F. The number of aliphatic hydroxyl groups is 2. The largest absolute Gasteiger partial charge is 0.392 e. The molecule has 0 fully saturated rings. The van der Waals surface area contributed by atoms with Gasteiger partial charge in [0.05, 0.1) is 12.2 Å². The van der Waals surface area contributed by atoms with Crippen molar-refractivity contribution < 1.29 is 14.6 Å². The first-order valence-corrected chi connectivity index (χ1v) is 6.53. The minimum Gasteiger partial charge on any atom is -0.392 e. The van der Waals surface area contributed by atoms with Crippen LogP contribution in [0.25, 0.3) is 0 Å². The zero-order valence-corrected chi connectivity index (χ0v) is 11.4. The fourth-order valence-electron chi connectivity index (χ4n) is 1.40. The second-order valence-electron chi connectivity index (χ2n) is 4.38. The molecule has 0 spiro atoms. The molecule has 0 aliphatic rings. The van der Waals surface area contributed by atoms with E-state index in [1.165, 1.54) is 17.8 Å². The third-order valence-electron chi connectivity index (χ3n) is 2.73. The molecular weight excluding hydrogens is 239 g/mol. The molecule has 0 aliphatic carbocycles. The van der Waals surface area contributed by atoms with Crippen LogP contribution in [0.5, 0.6) is 0 Å². The second-order valence-corrected chi connectivity index (χ2v) is 5.80. The van der Waals surface area contributed by atoms with E-state index in [-0.39, 0.29) is 11.1 Å². The summed E-state index contributed by atoms with van der Waals surface area (Å²) in [5, 5.41) is 19.1. The van der Waals surface area contributed by atoms with Gasteiger partial charge in [-0.1, -0.05) is 6.92 Å². The maximum absolute atomic E-state index is 13.4. The van der Waals surface area contributed by atoms with Crippen LogP contribution < -0.4 is 0 Å². The summed E-state index contributed by atoms with van der Waals surface area (Å²) in [7, 11) is 0. The van der Waals surface area contributed by atoms with Gasteiger partial charge in [-0.25, -0.2) is 4.39 Å². The molecule has 0 saturated carbocycles. The zero-order chi connectivity index (χ0) is 13.2. The highest BCUT2D eigenvalue weighted by atomic mass is 32.2. The van der Waals surface area contributed by atoms with E-state index in [0.717, 1.165) is 4.90 Å². The van der Waals surface area contributed by atoms with E-state index < -0.39 is 12.2 Å². The lowest BCUT2D eigenvalue weighted by molar-refractivity contribution is 0.193. The predicted molar refractivity (Wildman–Crippen MR) is 68.8 cm³/mol. The Morgan fingerprint density at radius 1 is 1.18 bits per heavy atom. The van der Waals surface area contributed by atoms with Crippen molar-refractivity contribution in [3.8, 4) is 0 Å². The Bertz CT molecular complexity index is 391. The summed E-state index contributed by atoms with van der Waals surface area (Å²) in [6.45, 7) is 6.93. The summed E-state index contributed by atoms with van der Waals surface area (Å²) in [6, 6.07) is 3.10. The van der Waals surface area contributed by atoms with E-state index in [9.17, 15) is 14.6 Å². The molecule has 0 amide bonds. The molecule has 3 atom stereocenters. The van der Waals surface area contributed by atoms with Crippen molar-refractivity contribution in [1.82, 2.24) is 0 Å². The summed E-state index contributed by atoms with van der Waals surface area (Å²) in [5.41, 5.74) is 1.13. The van der Waals surface area contributed by atoms with Crippen molar-refractivity contribution in [3.63, 3.8) is 0 Å². The van der Waals surface area contributed by atoms with Crippen molar-refractivity contribution in [2.24, 2.45) is 0 Å². The highest BCUT2D eigenvalue weighted by Crippen LogP contribution is 2.33. The van der Waals surface area contributed by atoms with Gasteiger partial charge in [0.25, 0.3) is 0 Å². The minimum absolute atomic E-state index is 0.00244. The lowest BCUT2D eigenvalue weighted by Gasteiger charge is -2.18. The topological polar surface area (TPSA) is 40.5 Å². The third kappa shape index (κ3) is 3.69. The summed E-state index contributed by atoms with van der Waals surface area (Å²) in [4.78, 5) is 0.826. The Balaban J connectivity index is 3.08. The minimum atomic E-state index is -0.714. The Morgan fingerprint density at radius 3 is 2.24 bits per heavy atom. The molecular formula is C13H19FO2S. The maximum atomic E-state index is 13.4. The molecule has 0 radical (unpaired) electrons. The van der Waals surface area contributed by atoms with E-state index in [0.29, 0.717) is 11.1 Å². The molecule has 3 unspecified atom stereocenters. The van der Waals surface area contributed by atoms with Crippen LogP contribution in [-0.2, 0) is 0 Å². The molecule has 0 bridgehead atoms. The number of aliphatic hydroxyl groups excluding tert-OH is 2. The maximum Gasteiger partial charge on any atom is 0.126 e. The highest BCUT2D eigenvalue weighted by Gasteiger charge is 2.17. The molecule has 96 valence electrons. The summed E-state index contributed by atoms with van der Waals surface area (Å²) in [6.07, 6.45) is -1.17. The highest BCUT2D eigenvalue weighted by molar-refractivity contribution is 8.00. The van der Waals surface area contributed by atoms with Crippen molar-refractivity contribution in [2.75, 3.05) is 0 Å². The van der Waals surface area contributed by atoms with Crippen LogP contribution in [0.3, 0.4) is 0 Å². The van der Waals surface area contributed by atoms with Crippen molar-refractivity contribution in [3.05, 3.63) is 29.1 Å². The molecule has 2 N–H and O–H groups in total. The van der Waals surface area contributed by atoms with Gasteiger partial charge in [-0.2, -0.15) is 0 Å². The summed E-state index contributed by atoms with van der Waals surface area (Å²) < 4.78 is 13.4. The van der Waals surface area contributed by atoms with Gasteiger partial charge in [0.2, 0.25) is 0 Å². The Kier molecular flexibility index (Phi) is 4.98. The van der Waals surface area contributed by atoms with Crippen molar-refractivity contribution in [2.45, 2.75) is 50.0 Å². The normalized spacial score (nSPS) is 16.6. The molecule has 0 heterocycles. The van der Waals surface area contributed by atoms with Crippen molar-refractivity contribution in [1.29, 1.82) is 0 Å². The quantitative estimate of drug-likeness (QED) is 0.815. The standard InChI is InChI=1S/C13H19FO2S/c1-7-5-13(17-10(4)8(2)15)11(9(3)16)6-12(7)14/h5-6,8-10,15-16H,1-4H3. The molecule has 17 heavy (non-hydrogen) atoms. The van der Waals surface area contributed by atoms with Crippen LogP contribution in [0.1, 0.15) is 38.0 Å². The van der Waals surface area contributed by atoms with Crippen LogP contribution in [0.4, 0.5) is 4.39 Å². The fraction of sp³-hybridized carbons (Fsp3) is 0.538. The Hall–Kier alpha value is -0.580. The van der Waals surface area contributed by atoms with Gasteiger partial charge < -0.3 is 10.2 Å². The number of thioether (sulfide) groups is 1.